The smallest absolute Gasteiger partial charge is 0.360 e. The molecule has 0 spiro atoms. The minimum Gasteiger partial charge on any atom is -0.461 e. The molecule has 0 radical (unpaired) electrons. The van der Waals surface area contributed by atoms with E-state index in [1.54, 1.807) is 6.92 Å². The summed E-state index contributed by atoms with van der Waals surface area (Å²) in [6.07, 6.45) is 3.16. The number of ether oxygens (including phenoxy) is 2. The van der Waals surface area contributed by atoms with Crippen molar-refractivity contribution in [3.63, 3.8) is 0 Å². The molecule has 1 aromatic rings. The summed E-state index contributed by atoms with van der Waals surface area (Å²) >= 11 is 0. The molecule has 0 N–H and O–H groups in total. The fraction of sp³-hybridized carbons (Fsp3) is 0.667. The van der Waals surface area contributed by atoms with Crippen molar-refractivity contribution in [2.75, 3.05) is 13.2 Å². The average molecular weight is 239 g/mol. The first-order valence-corrected chi connectivity index (χ1v) is 6.00. The summed E-state index contributed by atoms with van der Waals surface area (Å²) in [5.74, 6) is 0.299. The quantitative estimate of drug-likeness (QED) is 0.753. The van der Waals surface area contributed by atoms with Gasteiger partial charge in [0.2, 0.25) is 0 Å². The summed E-state index contributed by atoms with van der Waals surface area (Å²) in [5, 5.41) is 0. The number of carbonyl (C=O) groups excluding carboxylic acids is 1. The zero-order valence-electron chi connectivity index (χ0n) is 10.1. The minimum atomic E-state index is -0.419. The van der Waals surface area contributed by atoms with Crippen molar-refractivity contribution in [2.24, 2.45) is 0 Å². The maximum absolute atomic E-state index is 11.7. The Labute approximate surface area is 100 Å². The molecule has 1 saturated heterocycles. The molecular formula is C12H17NO4. The highest BCUT2D eigenvalue weighted by Crippen LogP contribution is 2.34. The van der Waals surface area contributed by atoms with Crippen LogP contribution in [0.1, 0.15) is 48.9 Å². The standard InChI is InChI=1S/C12H17NO4/c1-3-9-8(5-6-16-9)11-10(13-7-17-11)12(14)15-4-2/h7-9H,3-6H2,1-2H3. The molecule has 1 aliphatic heterocycles. The largest absolute Gasteiger partial charge is 0.461 e. The van der Waals surface area contributed by atoms with Crippen LogP contribution in [-0.4, -0.2) is 30.3 Å². The number of nitrogens with zero attached hydrogens (tertiary/aromatic N) is 1. The fourth-order valence-electron chi connectivity index (χ4n) is 2.22. The van der Waals surface area contributed by atoms with E-state index in [9.17, 15) is 4.79 Å². The zero-order valence-corrected chi connectivity index (χ0v) is 10.1. The molecule has 1 fully saturated rings. The Morgan fingerprint density at radius 3 is 3.12 bits per heavy atom. The highest BCUT2D eigenvalue weighted by molar-refractivity contribution is 5.88. The molecule has 0 aliphatic carbocycles. The average Bonchev–Trinajstić information content (AvgIpc) is 2.97. The van der Waals surface area contributed by atoms with E-state index >= 15 is 0 Å². The zero-order chi connectivity index (χ0) is 12.3. The summed E-state index contributed by atoms with van der Waals surface area (Å²) in [4.78, 5) is 15.6. The Kier molecular flexibility index (Phi) is 3.78. The summed E-state index contributed by atoms with van der Waals surface area (Å²) in [6.45, 7) is 4.87. The first-order chi connectivity index (χ1) is 8.27. The number of oxazole rings is 1. The van der Waals surface area contributed by atoms with Gasteiger partial charge in [0, 0.05) is 12.5 Å². The summed E-state index contributed by atoms with van der Waals surface area (Å²) in [7, 11) is 0. The molecule has 5 nitrogen and oxygen atoms in total. The number of hydrogen-bond donors (Lipinski definition) is 0. The predicted octanol–water partition coefficient (Wildman–Crippen LogP) is 2.13. The second kappa shape index (κ2) is 5.31. The minimum absolute atomic E-state index is 0.108. The van der Waals surface area contributed by atoms with Crippen LogP contribution in [-0.2, 0) is 9.47 Å². The van der Waals surface area contributed by atoms with Gasteiger partial charge in [-0.05, 0) is 19.8 Å². The van der Waals surface area contributed by atoms with Crippen molar-refractivity contribution in [1.29, 1.82) is 0 Å². The molecular weight excluding hydrogens is 222 g/mol. The molecule has 0 aromatic carbocycles. The van der Waals surface area contributed by atoms with Gasteiger partial charge in [-0.25, -0.2) is 9.78 Å². The van der Waals surface area contributed by atoms with Gasteiger partial charge in [0.25, 0.3) is 0 Å². The third-order valence-corrected chi connectivity index (χ3v) is 3.01. The Balaban J connectivity index is 2.21. The summed E-state index contributed by atoms with van der Waals surface area (Å²) < 4.78 is 15.9. The van der Waals surface area contributed by atoms with E-state index in [1.165, 1.54) is 6.39 Å². The third-order valence-electron chi connectivity index (χ3n) is 3.01. The Bertz CT molecular complexity index is 388. The lowest BCUT2D eigenvalue weighted by molar-refractivity contribution is 0.0514. The second-order valence-corrected chi connectivity index (χ2v) is 4.00. The molecule has 0 saturated carbocycles. The highest BCUT2D eigenvalue weighted by Gasteiger charge is 2.34. The molecule has 5 heteroatoms. The lowest BCUT2D eigenvalue weighted by atomic mass is 9.95. The van der Waals surface area contributed by atoms with Crippen LogP contribution in [0.25, 0.3) is 0 Å². The van der Waals surface area contributed by atoms with Gasteiger partial charge in [-0.2, -0.15) is 0 Å². The number of aromatic nitrogens is 1. The molecule has 2 heterocycles. The van der Waals surface area contributed by atoms with E-state index in [0.717, 1.165) is 12.8 Å². The maximum atomic E-state index is 11.7. The van der Waals surface area contributed by atoms with Gasteiger partial charge in [0.15, 0.2) is 12.1 Å². The lowest BCUT2D eigenvalue weighted by Crippen LogP contribution is -2.16. The first-order valence-electron chi connectivity index (χ1n) is 6.00. The first kappa shape index (κ1) is 12.1. The number of hydrogen-bond acceptors (Lipinski definition) is 5. The van der Waals surface area contributed by atoms with Crippen molar-refractivity contribution in [3.8, 4) is 0 Å². The van der Waals surface area contributed by atoms with E-state index in [-0.39, 0.29) is 12.0 Å². The van der Waals surface area contributed by atoms with Crippen LogP contribution in [0.15, 0.2) is 10.8 Å². The highest BCUT2D eigenvalue weighted by atomic mass is 16.5. The molecule has 1 aromatic heterocycles. The monoisotopic (exact) mass is 239 g/mol. The van der Waals surface area contributed by atoms with Crippen LogP contribution in [0, 0.1) is 0 Å². The van der Waals surface area contributed by atoms with E-state index in [2.05, 4.69) is 11.9 Å². The van der Waals surface area contributed by atoms with Crippen molar-refractivity contribution in [2.45, 2.75) is 38.7 Å². The van der Waals surface area contributed by atoms with Gasteiger partial charge in [-0.1, -0.05) is 6.92 Å². The van der Waals surface area contributed by atoms with Gasteiger partial charge in [-0.15, -0.1) is 0 Å². The number of rotatable bonds is 4. The van der Waals surface area contributed by atoms with Crippen LogP contribution in [0.3, 0.4) is 0 Å². The number of esters is 1. The Morgan fingerprint density at radius 2 is 2.41 bits per heavy atom. The Hall–Kier alpha value is -1.36. The second-order valence-electron chi connectivity index (χ2n) is 4.00. The van der Waals surface area contributed by atoms with Crippen LogP contribution in [0.2, 0.25) is 0 Å². The molecule has 94 valence electrons. The molecule has 17 heavy (non-hydrogen) atoms. The molecule has 2 rings (SSSR count). The van der Waals surface area contributed by atoms with E-state index < -0.39 is 5.97 Å². The predicted molar refractivity (Wildman–Crippen MR) is 59.8 cm³/mol. The molecule has 0 bridgehead atoms. The number of carbonyl (C=O) groups is 1. The summed E-state index contributed by atoms with van der Waals surface area (Å²) in [6, 6.07) is 0. The van der Waals surface area contributed by atoms with E-state index in [0.29, 0.717) is 24.7 Å². The lowest BCUT2D eigenvalue weighted by Gasteiger charge is -2.14. The normalized spacial score (nSPS) is 23.9. The van der Waals surface area contributed by atoms with Crippen LogP contribution in [0.4, 0.5) is 0 Å². The fourth-order valence-corrected chi connectivity index (χ4v) is 2.22. The van der Waals surface area contributed by atoms with Gasteiger partial charge >= 0.3 is 5.97 Å². The molecule has 2 unspecified atom stereocenters. The van der Waals surface area contributed by atoms with Crippen LogP contribution in [0.5, 0.6) is 0 Å². The van der Waals surface area contributed by atoms with E-state index in [4.69, 9.17) is 13.9 Å². The summed E-state index contributed by atoms with van der Waals surface area (Å²) in [5.41, 5.74) is 0.292. The van der Waals surface area contributed by atoms with Gasteiger partial charge in [0.1, 0.15) is 5.76 Å². The van der Waals surface area contributed by atoms with Gasteiger partial charge in [0.05, 0.1) is 12.7 Å². The maximum Gasteiger partial charge on any atom is 0.360 e. The third kappa shape index (κ3) is 2.34. The molecule has 1 aliphatic rings. The van der Waals surface area contributed by atoms with Crippen molar-refractivity contribution < 1.29 is 18.7 Å². The van der Waals surface area contributed by atoms with Gasteiger partial charge in [-0.3, -0.25) is 0 Å². The van der Waals surface area contributed by atoms with Gasteiger partial charge < -0.3 is 13.9 Å². The molecule has 2 atom stereocenters. The van der Waals surface area contributed by atoms with Crippen molar-refractivity contribution in [1.82, 2.24) is 4.98 Å². The van der Waals surface area contributed by atoms with Crippen LogP contribution < -0.4 is 0 Å². The Morgan fingerprint density at radius 1 is 1.59 bits per heavy atom. The SMILES string of the molecule is CCOC(=O)c1ncoc1C1CCOC1CC. The molecule has 0 amide bonds. The van der Waals surface area contributed by atoms with Crippen molar-refractivity contribution >= 4 is 5.97 Å². The topological polar surface area (TPSA) is 61.6 Å². The van der Waals surface area contributed by atoms with Crippen molar-refractivity contribution in [3.05, 3.63) is 17.8 Å². The van der Waals surface area contributed by atoms with E-state index in [1.807, 2.05) is 0 Å². The van der Waals surface area contributed by atoms with Crippen LogP contribution >= 0.6 is 0 Å².